The molecule has 1 amide bonds. The number of carbonyl (C=O) groups excluding carboxylic acids is 1. The molecule has 0 spiro atoms. The minimum absolute atomic E-state index is 0.0345. The van der Waals surface area contributed by atoms with Crippen molar-refractivity contribution in [2.45, 2.75) is 13.1 Å². The third-order valence-corrected chi connectivity index (χ3v) is 4.86. The Morgan fingerprint density at radius 2 is 1.45 bits per heavy atom. The average Bonchev–Trinajstić information content (AvgIpc) is 3.28. The summed E-state index contributed by atoms with van der Waals surface area (Å²) in [5.41, 5.74) is 2.67. The number of nitrogens with one attached hydrogen (secondary N) is 1. The number of hydrogen-bond donors (Lipinski definition) is 1. The molecular formula is C24H21N5O4. The van der Waals surface area contributed by atoms with E-state index in [2.05, 4.69) is 15.5 Å². The summed E-state index contributed by atoms with van der Waals surface area (Å²) in [7, 11) is 0. The van der Waals surface area contributed by atoms with Gasteiger partial charge in [0.1, 0.15) is 0 Å². The largest absolute Gasteiger partial charge is 0.403 e. The molecule has 9 heteroatoms. The summed E-state index contributed by atoms with van der Waals surface area (Å²) in [4.78, 5) is 25.0. The molecule has 0 unspecified atom stereocenters. The van der Waals surface area contributed by atoms with Gasteiger partial charge in [-0.05, 0) is 23.3 Å². The van der Waals surface area contributed by atoms with E-state index < -0.39 is 4.92 Å². The van der Waals surface area contributed by atoms with Crippen LogP contribution in [0.5, 0.6) is 0 Å². The number of non-ortho nitro benzene ring substituents is 1. The summed E-state index contributed by atoms with van der Waals surface area (Å²) in [6.45, 7) is 1.32. The molecule has 0 aliphatic heterocycles. The van der Waals surface area contributed by atoms with Crippen molar-refractivity contribution in [2.75, 3.05) is 11.9 Å². The maximum absolute atomic E-state index is 12.7. The number of rotatable bonds is 9. The van der Waals surface area contributed by atoms with E-state index >= 15 is 0 Å². The molecule has 1 N–H and O–H groups in total. The van der Waals surface area contributed by atoms with Crippen molar-refractivity contribution in [3.8, 4) is 11.5 Å². The molecule has 166 valence electrons. The predicted octanol–water partition coefficient (Wildman–Crippen LogP) is 4.29. The first kappa shape index (κ1) is 21.8. The second-order valence-corrected chi connectivity index (χ2v) is 7.38. The van der Waals surface area contributed by atoms with E-state index in [4.69, 9.17) is 4.42 Å². The molecule has 0 radical (unpaired) electrons. The fraction of sp³-hybridized carbons (Fsp3) is 0.125. The van der Waals surface area contributed by atoms with Crippen molar-refractivity contribution >= 4 is 17.6 Å². The quantitative estimate of drug-likeness (QED) is 0.303. The smallest absolute Gasteiger partial charge is 0.322 e. The van der Waals surface area contributed by atoms with Crippen LogP contribution >= 0.6 is 0 Å². The first-order valence-corrected chi connectivity index (χ1v) is 10.3. The van der Waals surface area contributed by atoms with Gasteiger partial charge in [-0.15, -0.1) is 5.10 Å². The monoisotopic (exact) mass is 443 g/mol. The maximum Gasteiger partial charge on any atom is 0.322 e. The van der Waals surface area contributed by atoms with E-state index in [1.807, 2.05) is 65.6 Å². The van der Waals surface area contributed by atoms with Crippen LogP contribution in [0.3, 0.4) is 0 Å². The molecule has 3 aromatic carbocycles. The van der Waals surface area contributed by atoms with E-state index in [9.17, 15) is 14.9 Å². The van der Waals surface area contributed by atoms with Crippen LogP contribution in [-0.4, -0.2) is 32.5 Å². The van der Waals surface area contributed by atoms with Gasteiger partial charge < -0.3 is 4.42 Å². The van der Waals surface area contributed by atoms with Crippen LogP contribution in [0.2, 0.25) is 0 Å². The van der Waals surface area contributed by atoms with Gasteiger partial charge in [0.15, 0.2) is 0 Å². The Balaban J connectivity index is 1.42. The number of carbonyl (C=O) groups is 1. The zero-order valence-electron chi connectivity index (χ0n) is 17.6. The number of aromatic nitrogens is 2. The molecule has 0 aliphatic rings. The lowest BCUT2D eigenvalue weighted by Crippen LogP contribution is -2.32. The number of nitro benzene ring substituents is 1. The summed E-state index contributed by atoms with van der Waals surface area (Å²) < 4.78 is 5.52. The lowest BCUT2D eigenvalue weighted by atomic mass is 10.1. The Bertz CT molecular complexity index is 1170. The van der Waals surface area contributed by atoms with E-state index in [1.54, 1.807) is 0 Å². The van der Waals surface area contributed by atoms with Crippen LogP contribution in [0.15, 0.2) is 89.3 Å². The van der Waals surface area contributed by atoms with Crippen molar-refractivity contribution in [1.82, 2.24) is 15.1 Å². The standard InChI is InChI=1S/C24H21N5O4/c30-22(25-24-27-26-23(33-24)20-11-13-21(14-12-20)29(31)32)17-28(15-18-7-3-1-4-8-18)16-19-9-5-2-6-10-19/h1-14H,15-17H2,(H,25,27,30). The zero-order chi connectivity index (χ0) is 23.0. The number of anilines is 1. The van der Waals surface area contributed by atoms with Crippen LogP contribution < -0.4 is 5.32 Å². The Kier molecular flexibility index (Phi) is 6.81. The molecule has 0 fully saturated rings. The number of hydrogen-bond acceptors (Lipinski definition) is 7. The highest BCUT2D eigenvalue weighted by Gasteiger charge is 2.16. The van der Waals surface area contributed by atoms with Crippen LogP contribution in [0.4, 0.5) is 11.7 Å². The van der Waals surface area contributed by atoms with Gasteiger partial charge in [0.2, 0.25) is 11.8 Å². The molecule has 9 nitrogen and oxygen atoms in total. The zero-order valence-corrected chi connectivity index (χ0v) is 17.6. The number of nitrogens with zero attached hydrogens (tertiary/aromatic N) is 4. The first-order valence-electron chi connectivity index (χ1n) is 10.3. The Morgan fingerprint density at radius 1 is 0.879 bits per heavy atom. The van der Waals surface area contributed by atoms with Crippen LogP contribution in [-0.2, 0) is 17.9 Å². The molecule has 0 bridgehead atoms. The van der Waals surface area contributed by atoms with E-state index in [0.717, 1.165) is 11.1 Å². The van der Waals surface area contributed by atoms with Gasteiger partial charge in [-0.2, -0.15) is 0 Å². The van der Waals surface area contributed by atoms with Crippen LogP contribution in [0, 0.1) is 10.1 Å². The topological polar surface area (TPSA) is 114 Å². The molecule has 0 aliphatic carbocycles. The highest BCUT2D eigenvalue weighted by atomic mass is 16.6. The van der Waals surface area contributed by atoms with Gasteiger partial charge in [-0.1, -0.05) is 65.8 Å². The lowest BCUT2D eigenvalue weighted by molar-refractivity contribution is -0.384. The minimum Gasteiger partial charge on any atom is -0.403 e. The fourth-order valence-electron chi connectivity index (χ4n) is 3.33. The number of nitro groups is 1. The van der Waals surface area contributed by atoms with E-state index in [-0.39, 0.29) is 30.0 Å². The average molecular weight is 443 g/mol. The van der Waals surface area contributed by atoms with Gasteiger partial charge >= 0.3 is 6.01 Å². The van der Waals surface area contributed by atoms with Gasteiger partial charge in [-0.25, -0.2) is 0 Å². The molecule has 33 heavy (non-hydrogen) atoms. The molecule has 4 aromatic rings. The van der Waals surface area contributed by atoms with Crippen molar-refractivity contribution in [3.05, 3.63) is 106 Å². The highest BCUT2D eigenvalue weighted by molar-refractivity contribution is 5.90. The summed E-state index contributed by atoms with van der Waals surface area (Å²) in [5.74, 6) is -0.133. The van der Waals surface area contributed by atoms with Gasteiger partial charge in [-0.3, -0.25) is 25.1 Å². The Morgan fingerprint density at radius 3 is 2.00 bits per heavy atom. The fourth-order valence-corrected chi connectivity index (χ4v) is 3.33. The van der Waals surface area contributed by atoms with Crippen LogP contribution in [0.25, 0.3) is 11.5 Å². The molecule has 0 saturated heterocycles. The maximum atomic E-state index is 12.7. The number of amides is 1. The Hall–Kier alpha value is -4.37. The van der Waals surface area contributed by atoms with E-state index in [0.29, 0.717) is 18.7 Å². The molecule has 4 rings (SSSR count). The molecule has 1 aromatic heterocycles. The third kappa shape index (κ3) is 6.08. The highest BCUT2D eigenvalue weighted by Crippen LogP contribution is 2.22. The van der Waals surface area contributed by atoms with Crippen molar-refractivity contribution < 1.29 is 14.1 Å². The molecule has 0 atom stereocenters. The van der Waals surface area contributed by atoms with Crippen LogP contribution in [0.1, 0.15) is 11.1 Å². The lowest BCUT2D eigenvalue weighted by Gasteiger charge is -2.21. The molecular weight excluding hydrogens is 422 g/mol. The SMILES string of the molecule is O=C(CN(Cc1ccccc1)Cc1ccccc1)Nc1nnc(-c2ccc([N+](=O)[O-])cc2)o1. The molecule has 1 heterocycles. The first-order chi connectivity index (χ1) is 16.1. The van der Waals surface area contributed by atoms with Gasteiger partial charge in [0, 0.05) is 30.8 Å². The van der Waals surface area contributed by atoms with Crippen molar-refractivity contribution in [2.24, 2.45) is 0 Å². The summed E-state index contributed by atoms with van der Waals surface area (Å²) in [6.07, 6.45) is 0. The van der Waals surface area contributed by atoms with Crippen molar-refractivity contribution in [3.63, 3.8) is 0 Å². The molecule has 0 saturated carbocycles. The van der Waals surface area contributed by atoms with Gasteiger partial charge in [0.05, 0.1) is 11.5 Å². The summed E-state index contributed by atoms with van der Waals surface area (Å²) in [5, 5.41) is 21.2. The van der Waals surface area contributed by atoms with Crippen molar-refractivity contribution in [1.29, 1.82) is 0 Å². The Labute approximate surface area is 189 Å². The van der Waals surface area contributed by atoms with Gasteiger partial charge in [0.25, 0.3) is 5.69 Å². The summed E-state index contributed by atoms with van der Waals surface area (Å²) in [6, 6.07) is 25.5. The third-order valence-electron chi connectivity index (χ3n) is 4.86. The normalized spacial score (nSPS) is 10.8. The second-order valence-electron chi connectivity index (χ2n) is 7.38. The second kappa shape index (κ2) is 10.3. The minimum atomic E-state index is -0.486. The van der Waals surface area contributed by atoms with E-state index in [1.165, 1.54) is 24.3 Å². The number of benzene rings is 3. The predicted molar refractivity (Wildman–Crippen MR) is 122 cm³/mol. The summed E-state index contributed by atoms with van der Waals surface area (Å²) >= 11 is 0.